The number of anilines is 1. The molecule has 2 aliphatic rings. The molecule has 0 aromatic carbocycles. The van der Waals surface area contributed by atoms with E-state index in [1.165, 1.54) is 25.1 Å². The quantitative estimate of drug-likeness (QED) is 0.460. The molecule has 0 spiro atoms. The van der Waals surface area contributed by atoms with Crippen LogP contribution in [0, 0.1) is 5.82 Å². The van der Waals surface area contributed by atoms with Crippen molar-refractivity contribution in [2.24, 2.45) is 0 Å². The van der Waals surface area contributed by atoms with E-state index in [0.717, 1.165) is 10.6 Å². The van der Waals surface area contributed by atoms with E-state index in [4.69, 9.17) is 4.74 Å². The molecule has 5 heterocycles. The SMILES string of the molecule is COc1ccc2ncc(F)c(CCN3C[C@@H](O)[C@@H](NCc4ccc5c(n4)NC(=O)CS5)C3)c2n1. The summed E-state index contributed by atoms with van der Waals surface area (Å²) in [5.74, 6) is 0.955. The molecular weight excluding hydrogens is 459 g/mol. The van der Waals surface area contributed by atoms with Crippen molar-refractivity contribution in [3.63, 3.8) is 0 Å². The van der Waals surface area contributed by atoms with Gasteiger partial charge in [-0.15, -0.1) is 11.8 Å². The lowest BCUT2D eigenvalue weighted by Crippen LogP contribution is -2.39. The summed E-state index contributed by atoms with van der Waals surface area (Å²) in [5.41, 5.74) is 2.40. The Balaban J connectivity index is 1.20. The Morgan fingerprint density at radius 1 is 1.29 bits per heavy atom. The topological polar surface area (TPSA) is 113 Å². The number of hydrogen-bond donors (Lipinski definition) is 3. The zero-order valence-corrected chi connectivity index (χ0v) is 19.4. The van der Waals surface area contributed by atoms with Crippen molar-refractivity contribution in [3.8, 4) is 5.88 Å². The largest absolute Gasteiger partial charge is 0.481 e. The number of likely N-dealkylation sites (tertiary alicyclic amines) is 1. The maximum absolute atomic E-state index is 14.6. The van der Waals surface area contributed by atoms with Crippen molar-refractivity contribution < 1.29 is 19.0 Å². The molecule has 11 heteroatoms. The predicted octanol–water partition coefficient (Wildman–Crippen LogP) is 1.59. The predicted molar refractivity (Wildman–Crippen MR) is 126 cm³/mol. The monoisotopic (exact) mass is 484 g/mol. The van der Waals surface area contributed by atoms with Gasteiger partial charge in [0, 0.05) is 43.9 Å². The molecule has 0 aliphatic carbocycles. The van der Waals surface area contributed by atoms with Crippen molar-refractivity contribution >= 4 is 34.5 Å². The van der Waals surface area contributed by atoms with Gasteiger partial charge in [-0.1, -0.05) is 0 Å². The Labute approximate surface area is 200 Å². The van der Waals surface area contributed by atoms with Crippen LogP contribution < -0.4 is 15.4 Å². The van der Waals surface area contributed by atoms with E-state index in [2.05, 4.69) is 30.5 Å². The molecule has 9 nitrogen and oxygen atoms in total. The fourth-order valence-corrected chi connectivity index (χ4v) is 5.04. The highest BCUT2D eigenvalue weighted by molar-refractivity contribution is 8.00. The van der Waals surface area contributed by atoms with E-state index >= 15 is 0 Å². The van der Waals surface area contributed by atoms with Gasteiger partial charge in [0.25, 0.3) is 0 Å². The number of hydrogen-bond acceptors (Lipinski definition) is 9. The van der Waals surface area contributed by atoms with Crippen LogP contribution in [0.25, 0.3) is 11.0 Å². The lowest BCUT2D eigenvalue weighted by Gasteiger charge is -2.18. The third-order valence-corrected chi connectivity index (χ3v) is 7.12. The Hall–Kier alpha value is -2.86. The Kier molecular flexibility index (Phi) is 6.59. The lowest BCUT2D eigenvalue weighted by atomic mass is 10.1. The summed E-state index contributed by atoms with van der Waals surface area (Å²) >= 11 is 1.47. The third kappa shape index (κ3) is 4.83. The van der Waals surface area contributed by atoms with E-state index < -0.39 is 11.9 Å². The first-order valence-electron chi connectivity index (χ1n) is 11.0. The second-order valence-corrected chi connectivity index (χ2v) is 9.37. The molecule has 2 atom stereocenters. The molecule has 178 valence electrons. The molecule has 1 fully saturated rings. The highest BCUT2D eigenvalue weighted by atomic mass is 32.2. The van der Waals surface area contributed by atoms with E-state index in [9.17, 15) is 14.3 Å². The number of halogens is 1. The van der Waals surface area contributed by atoms with Gasteiger partial charge in [-0.3, -0.25) is 14.7 Å². The molecule has 2 aliphatic heterocycles. The Morgan fingerprint density at radius 3 is 3.03 bits per heavy atom. The first-order valence-corrected chi connectivity index (χ1v) is 12.0. The number of pyridine rings is 3. The number of carbonyl (C=O) groups is 1. The Bertz CT molecular complexity index is 1230. The highest BCUT2D eigenvalue weighted by Crippen LogP contribution is 2.29. The normalized spacial score (nSPS) is 20.4. The van der Waals surface area contributed by atoms with Crippen LogP contribution in [0.1, 0.15) is 11.3 Å². The van der Waals surface area contributed by atoms with Crippen molar-refractivity contribution in [1.82, 2.24) is 25.2 Å². The molecule has 3 aromatic heterocycles. The number of thioether (sulfide) groups is 1. The van der Waals surface area contributed by atoms with Gasteiger partial charge in [0.15, 0.2) is 0 Å². The van der Waals surface area contributed by atoms with Gasteiger partial charge in [0.2, 0.25) is 11.8 Å². The van der Waals surface area contributed by atoms with Gasteiger partial charge in [-0.05, 0) is 24.6 Å². The minimum atomic E-state index is -0.551. The van der Waals surface area contributed by atoms with E-state index in [-0.39, 0.29) is 11.9 Å². The number of fused-ring (bicyclic) bond motifs is 2. The van der Waals surface area contributed by atoms with Gasteiger partial charge in [-0.25, -0.2) is 14.4 Å². The number of amides is 1. The molecule has 3 N–H and O–H groups in total. The molecule has 0 bridgehead atoms. The molecule has 1 saturated heterocycles. The highest BCUT2D eigenvalue weighted by Gasteiger charge is 2.31. The minimum Gasteiger partial charge on any atom is -0.481 e. The number of β-amino-alcohol motifs (C(OH)–C–C–N with tert-alkyl or cyclic N) is 1. The fourth-order valence-electron chi connectivity index (χ4n) is 4.29. The molecule has 0 unspecified atom stereocenters. The number of aliphatic hydroxyl groups excluding tert-OH is 1. The van der Waals surface area contributed by atoms with Crippen LogP contribution in [-0.4, -0.2) is 75.5 Å². The van der Waals surface area contributed by atoms with Crippen LogP contribution in [0.15, 0.2) is 35.4 Å². The van der Waals surface area contributed by atoms with Crippen LogP contribution in [0.4, 0.5) is 10.2 Å². The van der Waals surface area contributed by atoms with Crippen LogP contribution in [0.2, 0.25) is 0 Å². The summed E-state index contributed by atoms with van der Waals surface area (Å²) in [6, 6.07) is 7.21. The average Bonchev–Trinajstić information content (AvgIpc) is 3.20. The molecule has 5 rings (SSSR count). The van der Waals surface area contributed by atoms with Crippen LogP contribution >= 0.6 is 11.8 Å². The second-order valence-electron chi connectivity index (χ2n) is 8.36. The molecule has 34 heavy (non-hydrogen) atoms. The summed E-state index contributed by atoms with van der Waals surface area (Å²) in [7, 11) is 1.52. The molecular formula is C23H25FN6O3S. The smallest absolute Gasteiger partial charge is 0.235 e. The van der Waals surface area contributed by atoms with Crippen molar-refractivity contribution in [1.29, 1.82) is 0 Å². The molecule has 0 radical (unpaired) electrons. The zero-order valence-electron chi connectivity index (χ0n) is 18.6. The number of ether oxygens (including phenoxy) is 1. The van der Waals surface area contributed by atoms with Gasteiger partial charge < -0.3 is 20.5 Å². The number of nitrogens with zero attached hydrogens (tertiary/aromatic N) is 4. The Morgan fingerprint density at radius 2 is 2.18 bits per heavy atom. The number of aliphatic hydroxyl groups is 1. The molecule has 0 saturated carbocycles. The first kappa shape index (κ1) is 22.9. The van der Waals surface area contributed by atoms with Gasteiger partial charge in [0.1, 0.15) is 11.6 Å². The fraction of sp³-hybridized carbons (Fsp3) is 0.391. The van der Waals surface area contributed by atoms with E-state index in [1.807, 2.05) is 12.1 Å². The maximum atomic E-state index is 14.6. The number of nitrogens with one attached hydrogen (secondary N) is 2. The summed E-state index contributed by atoms with van der Waals surface area (Å²) in [4.78, 5) is 27.7. The summed E-state index contributed by atoms with van der Waals surface area (Å²) in [6.45, 7) is 2.16. The van der Waals surface area contributed by atoms with E-state index in [0.29, 0.717) is 66.6 Å². The van der Waals surface area contributed by atoms with Crippen LogP contribution in [0.3, 0.4) is 0 Å². The van der Waals surface area contributed by atoms with Gasteiger partial charge >= 0.3 is 0 Å². The number of rotatable bonds is 7. The zero-order chi connectivity index (χ0) is 23.7. The van der Waals surface area contributed by atoms with Gasteiger partial charge in [0.05, 0.1) is 46.8 Å². The summed E-state index contributed by atoms with van der Waals surface area (Å²) in [6.07, 6.45) is 1.11. The second kappa shape index (κ2) is 9.79. The number of carbonyl (C=O) groups excluding carboxylic acids is 1. The van der Waals surface area contributed by atoms with Crippen molar-refractivity contribution in [3.05, 3.63) is 47.5 Å². The third-order valence-electron chi connectivity index (χ3n) is 6.07. The number of methoxy groups -OCH3 is 1. The van der Waals surface area contributed by atoms with Gasteiger partial charge in [-0.2, -0.15) is 0 Å². The minimum absolute atomic E-state index is 0.0518. The van der Waals surface area contributed by atoms with Crippen molar-refractivity contribution in [2.45, 2.75) is 30.0 Å². The van der Waals surface area contributed by atoms with E-state index in [1.54, 1.807) is 12.1 Å². The maximum Gasteiger partial charge on any atom is 0.235 e. The lowest BCUT2D eigenvalue weighted by molar-refractivity contribution is -0.113. The summed E-state index contributed by atoms with van der Waals surface area (Å²) < 4.78 is 19.8. The van der Waals surface area contributed by atoms with Crippen molar-refractivity contribution in [2.75, 3.05) is 37.8 Å². The summed E-state index contributed by atoms with van der Waals surface area (Å²) in [5, 5.41) is 16.7. The standard InChI is InChI=1S/C23H25FN6O3S/c1-33-21-5-3-16-22(29-21)14(15(24)9-26-16)6-7-30-10-17(18(31)11-30)25-8-13-2-4-19-23(27-13)28-20(32)12-34-19/h2-5,9,17-18,25,31H,6-8,10-12H2,1H3,(H,27,28,32)/t17-,18+/m0/s1. The molecule has 1 amide bonds. The van der Waals surface area contributed by atoms with Crippen LogP contribution in [-0.2, 0) is 17.8 Å². The van der Waals surface area contributed by atoms with Crippen LogP contribution in [0.5, 0.6) is 5.88 Å². The molecule has 3 aromatic rings. The number of aromatic nitrogens is 3. The average molecular weight is 485 g/mol. The first-order chi connectivity index (χ1) is 16.5.